The van der Waals surface area contributed by atoms with E-state index in [1.54, 1.807) is 0 Å². The highest BCUT2D eigenvalue weighted by Crippen LogP contribution is 2.39. The van der Waals surface area contributed by atoms with Crippen molar-refractivity contribution in [1.29, 1.82) is 0 Å². The molecule has 10 nitrogen and oxygen atoms in total. The van der Waals surface area contributed by atoms with E-state index in [9.17, 15) is 0 Å². The van der Waals surface area contributed by atoms with Gasteiger partial charge < -0.3 is 29.4 Å². The summed E-state index contributed by atoms with van der Waals surface area (Å²) in [5.74, 6) is 1.23. The summed E-state index contributed by atoms with van der Waals surface area (Å²) in [5.41, 5.74) is 23.6. The van der Waals surface area contributed by atoms with Gasteiger partial charge in [0.2, 0.25) is 0 Å². The standard InChI is InChI=1S/C72H50N8O2/c1-5-16-47(17-6-1)67-55-28-24-51(73-55)41-52-25-29-56(74-52)68(48-18-7-2-8-19-48)60-33-37-64(78-60)71(63-36-32-59(67)77-63)81-43-45-14-13-15-46(40-45)44-82-72-65-38-34-61(79-65)69(49-20-9-3-10-21-49)57-30-26-53(75-57)42-54-27-31-58(76-54)70(50-22-11-4-12-23-50)62-35-39-66(72)80-62/h1-42,73,75,78,80H,43-44H2. The van der Waals surface area contributed by atoms with Crippen molar-refractivity contribution in [3.05, 3.63) is 263 Å². The van der Waals surface area contributed by atoms with E-state index >= 15 is 0 Å². The second-order valence-electron chi connectivity index (χ2n) is 20.5. The molecule has 0 unspecified atom stereocenters. The van der Waals surface area contributed by atoms with Crippen molar-refractivity contribution in [3.63, 3.8) is 0 Å². The summed E-state index contributed by atoms with van der Waals surface area (Å²) in [5, 5.41) is 0. The van der Waals surface area contributed by atoms with Crippen molar-refractivity contribution < 1.29 is 9.47 Å². The van der Waals surface area contributed by atoms with Gasteiger partial charge in [-0.2, -0.15) is 0 Å². The summed E-state index contributed by atoms with van der Waals surface area (Å²) in [6, 6.07) is 70.8. The van der Waals surface area contributed by atoms with E-state index in [2.05, 4.69) is 238 Å². The number of ether oxygens (including phenoxy) is 2. The Balaban J connectivity index is 0.840. The Morgan fingerprint density at radius 3 is 1.00 bits per heavy atom. The fourth-order valence-electron chi connectivity index (χ4n) is 11.3. The number of rotatable bonds is 10. The molecule has 11 aromatic rings. The van der Waals surface area contributed by atoms with Crippen LogP contribution in [0.5, 0.6) is 11.5 Å². The molecule has 15 rings (SSSR count). The predicted octanol–water partition coefficient (Wildman–Crippen LogP) is 17.5. The minimum atomic E-state index is 0.254. The minimum Gasteiger partial charge on any atom is -0.484 e. The maximum absolute atomic E-state index is 7.02. The van der Waals surface area contributed by atoms with E-state index in [0.29, 0.717) is 22.9 Å². The summed E-state index contributed by atoms with van der Waals surface area (Å²) in [7, 11) is 0. The number of nitrogens with one attached hydrogen (secondary N) is 4. The van der Waals surface area contributed by atoms with Crippen molar-refractivity contribution >= 4 is 92.7 Å². The molecule has 0 saturated carbocycles. The van der Waals surface area contributed by atoms with Crippen LogP contribution in [0, 0.1) is 0 Å². The molecule has 4 N–H and O–H groups in total. The highest BCUT2D eigenvalue weighted by molar-refractivity contribution is 5.97. The van der Waals surface area contributed by atoms with Gasteiger partial charge in [0, 0.05) is 55.4 Å². The number of hydrogen-bond donors (Lipinski definition) is 4. The lowest BCUT2D eigenvalue weighted by Gasteiger charge is -2.11. The molecule has 5 aromatic carbocycles. The normalized spacial score (nSPS) is 12.3. The van der Waals surface area contributed by atoms with Gasteiger partial charge in [-0.05, 0) is 149 Å². The lowest BCUT2D eigenvalue weighted by atomic mass is 10.0. The molecule has 16 bridgehead atoms. The highest BCUT2D eigenvalue weighted by Gasteiger charge is 2.20. The van der Waals surface area contributed by atoms with Gasteiger partial charge in [-0.15, -0.1) is 0 Å². The van der Waals surface area contributed by atoms with E-state index in [1.165, 1.54) is 0 Å². The van der Waals surface area contributed by atoms with Crippen LogP contribution in [-0.2, 0) is 13.2 Å². The molecule has 0 radical (unpaired) electrons. The van der Waals surface area contributed by atoms with Crippen molar-refractivity contribution in [2.24, 2.45) is 0 Å². The Kier molecular flexibility index (Phi) is 12.1. The number of benzene rings is 5. The van der Waals surface area contributed by atoms with Crippen LogP contribution in [0.2, 0.25) is 0 Å². The molecular weight excluding hydrogens is 1010 g/mol. The quantitative estimate of drug-likeness (QED) is 0.108. The second kappa shape index (κ2) is 20.6. The first-order valence-electron chi connectivity index (χ1n) is 27.4. The van der Waals surface area contributed by atoms with E-state index in [0.717, 1.165) is 134 Å². The molecule has 0 spiro atoms. The Morgan fingerprint density at radius 2 is 0.598 bits per heavy atom. The Labute approximate surface area is 471 Å². The molecule has 10 heterocycles. The Hall–Kier alpha value is -11.1. The van der Waals surface area contributed by atoms with Crippen LogP contribution in [0.3, 0.4) is 0 Å². The van der Waals surface area contributed by atoms with Crippen molar-refractivity contribution in [1.82, 2.24) is 39.9 Å². The maximum Gasteiger partial charge on any atom is 0.168 e. The first-order chi connectivity index (χ1) is 40.6. The third kappa shape index (κ3) is 9.29. The van der Waals surface area contributed by atoms with Gasteiger partial charge in [0.1, 0.15) is 24.6 Å². The van der Waals surface area contributed by atoms with Gasteiger partial charge in [0.15, 0.2) is 11.5 Å². The number of aromatic nitrogens is 8. The number of aromatic amines is 4. The van der Waals surface area contributed by atoms with Crippen LogP contribution in [0.15, 0.2) is 206 Å². The van der Waals surface area contributed by atoms with Crippen molar-refractivity contribution in [3.8, 4) is 56.0 Å². The Morgan fingerprint density at radius 1 is 0.268 bits per heavy atom. The zero-order valence-electron chi connectivity index (χ0n) is 44.3. The van der Waals surface area contributed by atoms with Crippen LogP contribution in [0.1, 0.15) is 56.7 Å². The first-order valence-corrected chi connectivity index (χ1v) is 27.4. The molecule has 6 aromatic heterocycles. The fraction of sp³-hybridized carbons (Fsp3) is 0.0278. The van der Waals surface area contributed by atoms with Gasteiger partial charge in [0.25, 0.3) is 0 Å². The summed E-state index contributed by atoms with van der Waals surface area (Å²) < 4.78 is 14.0. The molecule has 4 aliphatic heterocycles. The molecule has 10 heteroatoms. The van der Waals surface area contributed by atoms with Crippen LogP contribution >= 0.6 is 0 Å². The third-order valence-electron chi connectivity index (χ3n) is 15.1. The van der Waals surface area contributed by atoms with Gasteiger partial charge in [-0.3, -0.25) is 0 Å². The van der Waals surface area contributed by atoms with E-state index in [1.807, 2.05) is 36.4 Å². The molecule has 4 aliphatic rings. The van der Waals surface area contributed by atoms with Crippen LogP contribution in [0.4, 0.5) is 0 Å². The minimum absolute atomic E-state index is 0.254. The van der Waals surface area contributed by atoms with Crippen molar-refractivity contribution in [2.75, 3.05) is 0 Å². The molecule has 0 amide bonds. The largest absolute Gasteiger partial charge is 0.484 e. The van der Waals surface area contributed by atoms with E-state index in [-0.39, 0.29) is 13.2 Å². The zero-order valence-corrected chi connectivity index (χ0v) is 44.3. The number of nitrogens with zero attached hydrogens (tertiary/aromatic N) is 4. The molecule has 82 heavy (non-hydrogen) atoms. The van der Waals surface area contributed by atoms with E-state index in [4.69, 9.17) is 29.4 Å². The summed E-state index contributed by atoms with van der Waals surface area (Å²) in [4.78, 5) is 35.9. The first kappa shape index (κ1) is 48.1. The van der Waals surface area contributed by atoms with E-state index < -0.39 is 0 Å². The maximum atomic E-state index is 7.02. The van der Waals surface area contributed by atoms with Gasteiger partial charge in [0.05, 0.1) is 45.2 Å². The summed E-state index contributed by atoms with van der Waals surface area (Å²) in [6.45, 7) is 0.508. The van der Waals surface area contributed by atoms with Crippen molar-refractivity contribution in [2.45, 2.75) is 13.2 Å². The van der Waals surface area contributed by atoms with Gasteiger partial charge in [-0.1, -0.05) is 140 Å². The second-order valence-corrected chi connectivity index (χ2v) is 20.5. The monoisotopic (exact) mass is 1060 g/mol. The molecule has 0 atom stereocenters. The lowest BCUT2D eigenvalue weighted by Crippen LogP contribution is -2.01. The lowest BCUT2D eigenvalue weighted by molar-refractivity contribution is 0.301. The molecule has 0 aliphatic carbocycles. The fourth-order valence-corrected chi connectivity index (χ4v) is 11.3. The third-order valence-corrected chi connectivity index (χ3v) is 15.1. The van der Waals surface area contributed by atoms with Gasteiger partial charge >= 0.3 is 0 Å². The van der Waals surface area contributed by atoms with Crippen LogP contribution < -0.4 is 9.47 Å². The molecule has 0 fully saturated rings. The summed E-state index contributed by atoms with van der Waals surface area (Å²) >= 11 is 0. The van der Waals surface area contributed by atoms with Crippen LogP contribution in [-0.4, -0.2) is 39.9 Å². The molecule has 0 saturated heterocycles. The van der Waals surface area contributed by atoms with Crippen LogP contribution in [0.25, 0.3) is 137 Å². The molecule has 390 valence electrons. The topological polar surface area (TPSA) is 133 Å². The number of hydrogen-bond acceptors (Lipinski definition) is 6. The summed E-state index contributed by atoms with van der Waals surface area (Å²) in [6.07, 6.45) is 16.5. The average Bonchev–Trinajstić information content (AvgIpc) is 4.57. The highest BCUT2D eigenvalue weighted by atomic mass is 16.5. The zero-order chi connectivity index (χ0) is 54.3. The number of H-pyrrole nitrogens is 4. The SMILES string of the molecule is C1=Cc2nc1cc1ccc([nH]1)c(-c1ccccc1)c1nc(c(OCc3cccc(COc4c5nc(c(-c6ccccc6)c6ccc(cc7nc(c(-c8ccccc8)c8ccc4[nH]8)C=C7)[nH]6)C=C5)c3)c3ccc([nH]3)c2-c2ccccc2)C=C1. The van der Waals surface area contributed by atoms with Gasteiger partial charge in [-0.25, -0.2) is 19.9 Å². The average molecular weight is 1060 g/mol. The smallest absolute Gasteiger partial charge is 0.168 e. The Bertz CT molecular complexity index is 4420. The number of fused-ring (bicyclic) bond motifs is 16. The molecular formula is C72H50N8O2. The predicted molar refractivity (Wildman–Crippen MR) is 335 cm³/mol.